The molecule has 0 radical (unpaired) electrons. The van der Waals surface area contributed by atoms with Crippen LogP contribution in [0.1, 0.15) is 23.5 Å². The summed E-state index contributed by atoms with van der Waals surface area (Å²) in [6.07, 6.45) is 2.04. The number of aromatic nitrogens is 3. The van der Waals surface area contributed by atoms with Gasteiger partial charge in [-0.05, 0) is 30.8 Å². The van der Waals surface area contributed by atoms with Gasteiger partial charge in [-0.3, -0.25) is 14.3 Å². The van der Waals surface area contributed by atoms with Crippen LogP contribution in [0.25, 0.3) is 11.3 Å². The van der Waals surface area contributed by atoms with Crippen molar-refractivity contribution in [3.05, 3.63) is 68.9 Å². The number of benzene rings is 1. The molecule has 26 heavy (non-hydrogen) atoms. The Balaban J connectivity index is 1.46. The molecule has 1 aromatic carbocycles. The third-order valence-corrected chi connectivity index (χ3v) is 6.54. The van der Waals surface area contributed by atoms with Crippen molar-refractivity contribution in [1.82, 2.24) is 19.7 Å². The van der Waals surface area contributed by atoms with Crippen molar-refractivity contribution in [1.29, 1.82) is 0 Å². The summed E-state index contributed by atoms with van der Waals surface area (Å²) < 4.78 is 1.87. The van der Waals surface area contributed by atoms with E-state index in [4.69, 9.17) is 0 Å². The molecule has 1 spiro atoms. The lowest BCUT2D eigenvalue weighted by Crippen LogP contribution is -2.33. The molecule has 1 atom stereocenters. The van der Waals surface area contributed by atoms with Gasteiger partial charge in [0.25, 0.3) is 5.56 Å². The summed E-state index contributed by atoms with van der Waals surface area (Å²) in [6, 6.07) is 13.9. The highest BCUT2D eigenvalue weighted by Crippen LogP contribution is 2.41. The Morgan fingerprint density at radius 2 is 1.88 bits per heavy atom. The molecule has 0 N–H and O–H groups in total. The van der Waals surface area contributed by atoms with Gasteiger partial charge < -0.3 is 0 Å². The number of fused-ring (bicyclic) bond motifs is 2. The van der Waals surface area contributed by atoms with Gasteiger partial charge in [0.15, 0.2) is 5.69 Å². The molecule has 6 heteroatoms. The van der Waals surface area contributed by atoms with Crippen molar-refractivity contribution >= 4 is 11.3 Å². The van der Waals surface area contributed by atoms with Crippen molar-refractivity contribution in [3.8, 4) is 11.3 Å². The van der Waals surface area contributed by atoms with Gasteiger partial charge in [-0.15, -0.1) is 21.5 Å². The van der Waals surface area contributed by atoms with Crippen molar-refractivity contribution in [2.24, 2.45) is 0 Å². The van der Waals surface area contributed by atoms with Crippen LogP contribution < -0.4 is 5.56 Å². The van der Waals surface area contributed by atoms with Crippen molar-refractivity contribution in [2.75, 3.05) is 13.1 Å². The average molecular weight is 364 g/mol. The van der Waals surface area contributed by atoms with E-state index in [0.29, 0.717) is 5.69 Å². The number of nitrogens with zero attached hydrogens (tertiary/aromatic N) is 4. The first-order valence-electron chi connectivity index (χ1n) is 9.03. The smallest absolute Gasteiger partial charge is 0.280 e. The molecule has 5 nitrogen and oxygen atoms in total. The maximum Gasteiger partial charge on any atom is 0.280 e. The van der Waals surface area contributed by atoms with Gasteiger partial charge in [0, 0.05) is 35.5 Å². The summed E-state index contributed by atoms with van der Waals surface area (Å²) in [5.74, 6) is 0.885. The van der Waals surface area contributed by atoms with E-state index in [2.05, 4.69) is 32.6 Å². The van der Waals surface area contributed by atoms with E-state index in [0.717, 1.165) is 50.4 Å². The molecular weight excluding hydrogens is 344 g/mol. The summed E-state index contributed by atoms with van der Waals surface area (Å²) in [5, 5.41) is 11.0. The molecule has 0 amide bonds. The minimum Gasteiger partial charge on any atom is -0.297 e. The van der Waals surface area contributed by atoms with Crippen molar-refractivity contribution in [3.63, 3.8) is 0 Å². The minimum atomic E-state index is -0.0152. The maximum absolute atomic E-state index is 13.0. The van der Waals surface area contributed by atoms with Gasteiger partial charge in [-0.25, -0.2) is 0 Å². The van der Waals surface area contributed by atoms with E-state index in [9.17, 15) is 4.79 Å². The van der Waals surface area contributed by atoms with Crippen LogP contribution in [0, 0.1) is 0 Å². The first kappa shape index (κ1) is 15.9. The number of likely N-dealkylation sites (tertiary alicyclic amines) is 1. The second-order valence-electron chi connectivity index (χ2n) is 7.27. The van der Waals surface area contributed by atoms with E-state index in [1.165, 1.54) is 4.88 Å². The van der Waals surface area contributed by atoms with Gasteiger partial charge in [0.05, 0.1) is 0 Å². The fourth-order valence-electron chi connectivity index (χ4n) is 4.34. The number of thiophene rings is 1. The Hall–Kier alpha value is -2.31. The van der Waals surface area contributed by atoms with E-state index in [1.54, 1.807) is 11.3 Å². The van der Waals surface area contributed by atoms with E-state index in [-0.39, 0.29) is 11.0 Å². The topological polar surface area (TPSA) is 51.0 Å². The third kappa shape index (κ3) is 2.52. The highest BCUT2D eigenvalue weighted by atomic mass is 32.1. The van der Waals surface area contributed by atoms with E-state index < -0.39 is 0 Å². The first-order chi connectivity index (χ1) is 12.8. The molecule has 0 unspecified atom stereocenters. The molecular formula is C20H20N4OS. The summed E-state index contributed by atoms with van der Waals surface area (Å²) in [4.78, 5) is 16.9. The summed E-state index contributed by atoms with van der Waals surface area (Å²) in [7, 11) is 0. The third-order valence-electron chi connectivity index (χ3n) is 5.68. The maximum atomic E-state index is 13.0. The second kappa shape index (κ2) is 6.14. The Labute approximate surface area is 155 Å². The van der Waals surface area contributed by atoms with Crippen LogP contribution in [0.4, 0.5) is 0 Å². The molecule has 2 aliphatic heterocycles. The standard InChI is InChI=1S/C20H20N4OS/c25-18-17(15-5-2-1-3-6-15)21-22-19-20(9-11-24(18)19)8-10-23(14-20)13-16-7-4-12-26-16/h1-7,12H,8-11,13-14H2/t20-/m1/s1. The average Bonchev–Trinajstić information content (AvgIpc) is 3.40. The number of hydrogen-bond acceptors (Lipinski definition) is 5. The molecule has 0 saturated carbocycles. The Bertz CT molecular complexity index is 983. The van der Waals surface area contributed by atoms with Gasteiger partial charge in [-0.1, -0.05) is 36.4 Å². The fourth-order valence-corrected chi connectivity index (χ4v) is 5.08. The summed E-state index contributed by atoms with van der Waals surface area (Å²) in [6.45, 7) is 3.74. The zero-order valence-corrected chi connectivity index (χ0v) is 15.3. The lowest BCUT2D eigenvalue weighted by molar-refractivity contribution is 0.301. The van der Waals surface area contributed by atoms with Crippen LogP contribution in [-0.4, -0.2) is 32.8 Å². The van der Waals surface area contributed by atoms with Gasteiger partial charge in [-0.2, -0.15) is 0 Å². The highest BCUT2D eigenvalue weighted by molar-refractivity contribution is 7.09. The van der Waals surface area contributed by atoms with Gasteiger partial charge in [0.1, 0.15) is 5.82 Å². The Morgan fingerprint density at radius 1 is 1.04 bits per heavy atom. The molecule has 0 bridgehead atoms. The summed E-state index contributed by atoms with van der Waals surface area (Å²) in [5.41, 5.74) is 1.28. The van der Waals surface area contributed by atoms with Crippen LogP contribution in [0.5, 0.6) is 0 Å². The Kier molecular flexibility index (Phi) is 3.76. The van der Waals surface area contributed by atoms with Crippen LogP contribution in [-0.2, 0) is 18.5 Å². The fraction of sp³-hybridized carbons (Fsp3) is 0.350. The normalized spacial score (nSPS) is 22.2. The second-order valence-corrected chi connectivity index (χ2v) is 8.30. The quantitative estimate of drug-likeness (QED) is 0.717. The zero-order chi connectivity index (χ0) is 17.6. The molecule has 3 aromatic rings. The van der Waals surface area contributed by atoms with Crippen LogP contribution in [0.3, 0.4) is 0 Å². The SMILES string of the molecule is O=c1c(-c2ccccc2)nnc2n1CC[C@@]21CCN(Cc2cccs2)C1. The first-order valence-corrected chi connectivity index (χ1v) is 9.91. The number of rotatable bonds is 3. The lowest BCUT2D eigenvalue weighted by atomic mass is 9.85. The predicted octanol–water partition coefficient (Wildman–Crippen LogP) is 2.91. The number of hydrogen-bond donors (Lipinski definition) is 0. The van der Waals surface area contributed by atoms with Crippen molar-refractivity contribution < 1.29 is 0 Å². The van der Waals surface area contributed by atoms with Crippen LogP contribution >= 0.6 is 11.3 Å². The van der Waals surface area contributed by atoms with Crippen LogP contribution in [0.2, 0.25) is 0 Å². The molecule has 1 fully saturated rings. The Morgan fingerprint density at radius 3 is 2.69 bits per heavy atom. The van der Waals surface area contributed by atoms with Crippen molar-refractivity contribution in [2.45, 2.75) is 31.3 Å². The van der Waals surface area contributed by atoms with E-state index in [1.807, 2.05) is 34.9 Å². The highest BCUT2D eigenvalue weighted by Gasteiger charge is 2.46. The zero-order valence-electron chi connectivity index (χ0n) is 14.5. The van der Waals surface area contributed by atoms with Crippen LogP contribution in [0.15, 0.2) is 52.6 Å². The molecule has 0 aliphatic carbocycles. The van der Waals surface area contributed by atoms with E-state index >= 15 is 0 Å². The van der Waals surface area contributed by atoms with Gasteiger partial charge >= 0.3 is 0 Å². The molecule has 132 valence electrons. The van der Waals surface area contributed by atoms with Gasteiger partial charge in [0.2, 0.25) is 0 Å². The monoisotopic (exact) mass is 364 g/mol. The molecule has 5 rings (SSSR count). The molecule has 1 saturated heterocycles. The lowest BCUT2D eigenvalue weighted by Gasteiger charge is -2.22. The minimum absolute atomic E-state index is 0.00483. The molecule has 2 aliphatic rings. The molecule has 2 aromatic heterocycles. The summed E-state index contributed by atoms with van der Waals surface area (Å²) >= 11 is 1.80. The molecule has 4 heterocycles. The largest absolute Gasteiger partial charge is 0.297 e. The predicted molar refractivity (Wildman–Crippen MR) is 102 cm³/mol.